The molecule has 1 saturated heterocycles. The van der Waals surface area contributed by atoms with Crippen LogP contribution in [0.3, 0.4) is 0 Å². The molecule has 3 amide bonds. The van der Waals surface area contributed by atoms with Crippen molar-refractivity contribution < 1.29 is 18.8 Å². The Balaban J connectivity index is 1.68. The van der Waals surface area contributed by atoms with Crippen LogP contribution in [0.1, 0.15) is 43.5 Å². The zero-order valence-electron chi connectivity index (χ0n) is 22.4. The fourth-order valence-electron chi connectivity index (χ4n) is 4.51. The maximum atomic E-state index is 14.0. The molecule has 9 heteroatoms. The van der Waals surface area contributed by atoms with E-state index in [1.165, 1.54) is 17.0 Å². The third kappa shape index (κ3) is 7.06. The molecule has 0 saturated carbocycles. The van der Waals surface area contributed by atoms with Crippen molar-refractivity contribution in [1.29, 1.82) is 0 Å². The van der Waals surface area contributed by atoms with E-state index in [2.05, 4.69) is 41.7 Å². The lowest BCUT2D eigenvalue weighted by Gasteiger charge is -2.35. The minimum absolute atomic E-state index is 0.00456. The van der Waals surface area contributed by atoms with Gasteiger partial charge in [0.25, 0.3) is 0 Å². The van der Waals surface area contributed by atoms with E-state index in [1.54, 1.807) is 36.7 Å². The Labute approximate surface area is 228 Å². The highest BCUT2D eigenvalue weighted by Crippen LogP contribution is 2.31. The maximum Gasteiger partial charge on any atom is 0.247 e. The summed E-state index contributed by atoms with van der Waals surface area (Å²) < 4.78 is 13.6. The van der Waals surface area contributed by atoms with Crippen LogP contribution in [-0.2, 0) is 26.2 Å². The molecule has 2 heterocycles. The van der Waals surface area contributed by atoms with Crippen molar-refractivity contribution in [1.82, 2.24) is 20.9 Å². The third-order valence-corrected chi connectivity index (χ3v) is 6.67. The maximum absolute atomic E-state index is 14.0. The van der Waals surface area contributed by atoms with Crippen molar-refractivity contribution in [2.45, 2.75) is 44.7 Å². The first-order valence-corrected chi connectivity index (χ1v) is 13.0. The normalized spacial score (nSPS) is 16.2. The molecule has 0 spiro atoms. The van der Waals surface area contributed by atoms with Crippen LogP contribution in [0.25, 0.3) is 0 Å². The van der Waals surface area contributed by atoms with Gasteiger partial charge in [0.2, 0.25) is 17.7 Å². The summed E-state index contributed by atoms with van der Waals surface area (Å²) in [5.74, 6) is -1.28. The van der Waals surface area contributed by atoms with Crippen LogP contribution in [0.5, 0.6) is 0 Å². The van der Waals surface area contributed by atoms with Crippen LogP contribution in [0.2, 0.25) is 0 Å². The van der Waals surface area contributed by atoms with Gasteiger partial charge in [0, 0.05) is 36.7 Å². The van der Waals surface area contributed by atoms with E-state index in [1.807, 2.05) is 24.3 Å². The quantitative estimate of drug-likeness (QED) is 0.415. The van der Waals surface area contributed by atoms with E-state index in [0.29, 0.717) is 17.7 Å². The van der Waals surface area contributed by atoms with E-state index < -0.39 is 18.0 Å². The zero-order valence-corrected chi connectivity index (χ0v) is 22.4. The summed E-state index contributed by atoms with van der Waals surface area (Å²) in [7, 11) is 0. The molecule has 1 aliphatic heterocycles. The number of rotatable bonds is 8. The van der Waals surface area contributed by atoms with E-state index in [0.717, 1.165) is 11.1 Å². The van der Waals surface area contributed by atoms with Crippen LogP contribution in [0, 0.1) is 5.82 Å². The topological polar surface area (TPSA) is 103 Å². The second kappa shape index (κ2) is 12.2. The number of nitrogens with zero attached hydrogens (tertiary/aromatic N) is 2. The standard InChI is InChI=1S/C30H34FN5O3/c1-30(2,3)22-9-11-24(12-10-22)36(29(39)25-18-35-26(37)19-34-25)27(21-7-5-14-32-17-21)28(38)33-15-13-20-6-4-8-23(31)16-20/h4-12,14,16-17,25,27,34H,13,15,18-19H2,1-3H3,(H,33,38)(H,35,37). The van der Waals surface area contributed by atoms with Gasteiger partial charge in [-0.1, -0.05) is 51.1 Å². The SMILES string of the molecule is CC(C)(C)c1ccc(N(C(=O)C2CNC(=O)CN2)C(C(=O)NCCc2cccc(F)c2)c2cccnc2)cc1. The number of piperazine rings is 1. The summed E-state index contributed by atoms with van der Waals surface area (Å²) in [5.41, 5.74) is 2.81. The number of nitrogens with one attached hydrogen (secondary N) is 3. The molecule has 0 radical (unpaired) electrons. The van der Waals surface area contributed by atoms with Crippen molar-refractivity contribution in [3.05, 3.63) is 95.6 Å². The van der Waals surface area contributed by atoms with Crippen LogP contribution < -0.4 is 20.9 Å². The molecule has 2 unspecified atom stereocenters. The van der Waals surface area contributed by atoms with Gasteiger partial charge in [-0.2, -0.15) is 0 Å². The molecule has 39 heavy (non-hydrogen) atoms. The van der Waals surface area contributed by atoms with Gasteiger partial charge in [-0.3, -0.25) is 29.6 Å². The fourth-order valence-corrected chi connectivity index (χ4v) is 4.51. The van der Waals surface area contributed by atoms with Crippen LogP contribution in [0.15, 0.2) is 73.1 Å². The molecule has 1 aliphatic rings. The van der Waals surface area contributed by atoms with Crippen molar-refractivity contribution in [2.75, 3.05) is 24.5 Å². The third-order valence-electron chi connectivity index (χ3n) is 6.67. The average Bonchev–Trinajstić information content (AvgIpc) is 2.92. The number of hydrogen-bond acceptors (Lipinski definition) is 5. The predicted octanol–water partition coefficient (Wildman–Crippen LogP) is 3.04. The number of pyridine rings is 1. The van der Waals surface area contributed by atoms with E-state index in [-0.39, 0.29) is 42.7 Å². The summed E-state index contributed by atoms with van der Waals surface area (Å²) in [6, 6.07) is 15.5. The van der Waals surface area contributed by atoms with E-state index in [4.69, 9.17) is 0 Å². The van der Waals surface area contributed by atoms with Crippen LogP contribution in [-0.4, -0.2) is 48.4 Å². The molecule has 8 nitrogen and oxygen atoms in total. The smallest absolute Gasteiger partial charge is 0.247 e. The molecule has 3 N–H and O–H groups in total. The Morgan fingerprint density at radius 1 is 1.13 bits per heavy atom. The highest BCUT2D eigenvalue weighted by atomic mass is 19.1. The van der Waals surface area contributed by atoms with Gasteiger partial charge >= 0.3 is 0 Å². The minimum Gasteiger partial charge on any atom is -0.354 e. The summed E-state index contributed by atoms with van der Waals surface area (Å²) in [5, 5.41) is 8.63. The highest BCUT2D eigenvalue weighted by Gasteiger charge is 2.37. The second-order valence-electron chi connectivity index (χ2n) is 10.6. The second-order valence-corrected chi connectivity index (χ2v) is 10.6. The predicted molar refractivity (Wildman–Crippen MR) is 148 cm³/mol. The van der Waals surface area contributed by atoms with Gasteiger partial charge in [0.15, 0.2) is 0 Å². The van der Waals surface area contributed by atoms with Gasteiger partial charge in [-0.15, -0.1) is 0 Å². The number of carbonyl (C=O) groups excluding carboxylic acids is 3. The van der Waals surface area contributed by atoms with Crippen molar-refractivity contribution >= 4 is 23.4 Å². The van der Waals surface area contributed by atoms with Crippen molar-refractivity contribution in [3.63, 3.8) is 0 Å². The van der Waals surface area contributed by atoms with Gasteiger partial charge in [-0.25, -0.2) is 4.39 Å². The number of aromatic nitrogens is 1. The monoisotopic (exact) mass is 531 g/mol. The Morgan fingerprint density at radius 3 is 2.51 bits per heavy atom. The number of amides is 3. The van der Waals surface area contributed by atoms with E-state index in [9.17, 15) is 18.8 Å². The Kier molecular flexibility index (Phi) is 8.71. The Bertz CT molecular complexity index is 1300. The number of halogens is 1. The molecule has 4 rings (SSSR count). The van der Waals surface area contributed by atoms with Gasteiger partial charge in [-0.05, 0) is 53.3 Å². The zero-order chi connectivity index (χ0) is 28.0. The first kappa shape index (κ1) is 27.9. The number of anilines is 1. The molecule has 1 fully saturated rings. The molecule has 2 atom stereocenters. The molecular weight excluding hydrogens is 497 g/mol. The molecule has 0 aliphatic carbocycles. The van der Waals surface area contributed by atoms with Gasteiger partial charge in [0.1, 0.15) is 17.9 Å². The molecule has 2 aromatic carbocycles. The largest absolute Gasteiger partial charge is 0.354 e. The summed E-state index contributed by atoms with van der Waals surface area (Å²) in [6.45, 7) is 6.67. The Hall–Kier alpha value is -4.11. The lowest BCUT2D eigenvalue weighted by molar-refractivity contribution is -0.129. The van der Waals surface area contributed by atoms with Crippen LogP contribution in [0.4, 0.5) is 10.1 Å². The molecule has 3 aromatic rings. The minimum atomic E-state index is -1.03. The summed E-state index contributed by atoms with van der Waals surface area (Å²) >= 11 is 0. The van der Waals surface area contributed by atoms with Crippen molar-refractivity contribution in [2.24, 2.45) is 0 Å². The fraction of sp³-hybridized carbons (Fsp3) is 0.333. The van der Waals surface area contributed by atoms with Crippen LogP contribution >= 0.6 is 0 Å². The first-order valence-electron chi connectivity index (χ1n) is 13.0. The average molecular weight is 532 g/mol. The highest BCUT2D eigenvalue weighted by molar-refractivity contribution is 6.04. The van der Waals surface area contributed by atoms with E-state index >= 15 is 0 Å². The molecular formula is C30H34FN5O3. The van der Waals surface area contributed by atoms with Gasteiger partial charge in [0.05, 0.1) is 6.54 Å². The lowest BCUT2D eigenvalue weighted by atomic mass is 9.87. The number of hydrogen-bond donors (Lipinski definition) is 3. The lowest BCUT2D eigenvalue weighted by Crippen LogP contribution is -2.60. The molecule has 1 aromatic heterocycles. The Morgan fingerprint density at radius 2 is 1.90 bits per heavy atom. The molecule has 0 bridgehead atoms. The number of benzene rings is 2. The van der Waals surface area contributed by atoms with Gasteiger partial charge < -0.3 is 10.6 Å². The number of carbonyl (C=O) groups is 3. The van der Waals surface area contributed by atoms with Crippen molar-refractivity contribution in [3.8, 4) is 0 Å². The summed E-state index contributed by atoms with van der Waals surface area (Å²) in [6.07, 6.45) is 3.59. The first-order chi connectivity index (χ1) is 18.6. The molecule has 204 valence electrons. The summed E-state index contributed by atoms with van der Waals surface area (Å²) in [4.78, 5) is 45.2.